The molecule has 1 fully saturated rings. The first-order valence-corrected chi connectivity index (χ1v) is 11.7. The van der Waals surface area contributed by atoms with E-state index in [2.05, 4.69) is 10.6 Å². The summed E-state index contributed by atoms with van der Waals surface area (Å²) in [7, 11) is 0. The molecule has 3 rings (SSSR count). The van der Waals surface area contributed by atoms with E-state index in [1.54, 1.807) is 41.3 Å². The molecule has 10 heteroatoms. The maximum atomic E-state index is 13.1. The highest BCUT2D eigenvalue weighted by atomic mass is 35.5. The van der Waals surface area contributed by atoms with Gasteiger partial charge >= 0.3 is 0 Å². The predicted molar refractivity (Wildman–Crippen MR) is 127 cm³/mol. The molecule has 2 aromatic rings. The zero-order valence-electron chi connectivity index (χ0n) is 18.1. The molecule has 1 aromatic carbocycles. The zero-order valence-corrected chi connectivity index (χ0v) is 19.7. The summed E-state index contributed by atoms with van der Waals surface area (Å²) in [5.74, 6) is -0.558. The predicted octanol–water partition coefficient (Wildman–Crippen LogP) is 2.84. The van der Waals surface area contributed by atoms with Crippen LogP contribution in [0.15, 0.2) is 36.4 Å². The number of thiophene rings is 1. The van der Waals surface area contributed by atoms with Crippen molar-refractivity contribution >= 4 is 52.0 Å². The number of amides is 3. The fraction of sp³-hybridized carbons (Fsp3) is 0.409. The molecular weight excluding hydrogens is 452 g/mol. The van der Waals surface area contributed by atoms with E-state index in [4.69, 9.17) is 16.3 Å². The number of hydrogen-bond acceptors (Lipinski definition) is 6. The van der Waals surface area contributed by atoms with Crippen LogP contribution in [0, 0.1) is 0 Å². The number of likely N-dealkylation sites (N-methyl/N-ethyl adjacent to an activating group) is 1. The van der Waals surface area contributed by atoms with Gasteiger partial charge < -0.3 is 20.3 Å². The Balaban J connectivity index is 1.65. The Hall–Kier alpha value is -2.46. The highest BCUT2D eigenvalue weighted by molar-refractivity contribution is 7.18. The molecule has 1 aromatic heterocycles. The van der Waals surface area contributed by atoms with Crippen LogP contribution in [0.4, 0.5) is 11.4 Å². The van der Waals surface area contributed by atoms with Crippen LogP contribution in [0.1, 0.15) is 23.5 Å². The molecule has 1 saturated heterocycles. The lowest BCUT2D eigenvalue weighted by Gasteiger charge is -2.29. The minimum atomic E-state index is -0.537. The second-order valence-electron chi connectivity index (χ2n) is 7.18. The monoisotopic (exact) mass is 478 g/mol. The lowest BCUT2D eigenvalue weighted by molar-refractivity contribution is -0.125. The molecule has 0 bridgehead atoms. The first-order chi connectivity index (χ1) is 15.4. The number of halogens is 1. The SMILES string of the molecule is CCN(CC)[C@@H](CNC(=O)c1ccc(Cl)s1)C(=O)Nc1ccc(N2CCOCC2=O)cc1. The molecule has 0 unspecified atom stereocenters. The number of carbonyl (C=O) groups excluding carboxylic acids is 3. The van der Waals surface area contributed by atoms with E-state index in [-0.39, 0.29) is 30.9 Å². The van der Waals surface area contributed by atoms with E-state index < -0.39 is 6.04 Å². The topological polar surface area (TPSA) is 91.0 Å². The summed E-state index contributed by atoms with van der Waals surface area (Å²) in [5.41, 5.74) is 1.38. The Morgan fingerprint density at radius 2 is 1.91 bits per heavy atom. The average Bonchev–Trinajstić information content (AvgIpc) is 3.24. The molecule has 1 aliphatic heterocycles. The maximum Gasteiger partial charge on any atom is 0.261 e. The van der Waals surface area contributed by atoms with Crippen LogP contribution in [0.2, 0.25) is 4.34 Å². The molecule has 0 saturated carbocycles. The third-order valence-corrected chi connectivity index (χ3v) is 6.47. The lowest BCUT2D eigenvalue weighted by atomic mass is 10.2. The molecule has 1 aliphatic rings. The van der Waals surface area contributed by atoms with Crippen LogP contribution >= 0.6 is 22.9 Å². The normalized spacial score (nSPS) is 15.0. The van der Waals surface area contributed by atoms with Crippen LogP contribution in [0.3, 0.4) is 0 Å². The number of nitrogens with one attached hydrogen (secondary N) is 2. The first kappa shape index (κ1) is 24.2. The van der Waals surface area contributed by atoms with E-state index in [1.807, 2.05) is 18.7 Å². The standard InChI is InChI=1S/C22H27ClN4O4S/c1-3-26(4-2)17(13-24-22(30)18-9-10-19(23)32-18)21(29)25-15-5-7-16(8-6-15)27-11-12-31-14-20(27)28/h5-10,17H,3-4,11-14H2,1-2H3,(H,24,30)(H,25,29)/t17-/m0/s1. The van der Waals surface area contributed by atoms with Crippen LogP contribution in [0.5, 0.6) is 0 Å². The lowest BCUT2D eigenvalue weighted by Crippen LogP contribution is -2.50. The minimum absolute atomic E-state index is 0.0768. The number of hydrogen-bond donors (Lipinski definition) is 2. The van der Waals surface area contributed by atoms with E-state index in [9.17, 15) is 14.4 Å². The van der Waals surface area contributed by atoms with Crippen molar-refractivity contribution in [2.45, 2.75) is 19.9 Å². The molecule has 0 radical (unpaired) electrons. The van der Waals surface area contributed by atoms with Crippen LogP contribution in [-0.4, -0.2) is 68.1 Å². The van der Waals surface area contributed by atoms with E-state index in [1.165, 1.54) is 11.3 Å². The fourth-order valence-corrected chi connectivity index (χ4v) is 4.47. The molecule has 0 aliphatic carbocycles. The summed E-state index contributed by atoms with van der Waals surface area (Å²) in [6.45, 7) is 6.51. The number of carbonyl (C=O) groups is 3. The van der Waals surface area contributed by atoms with Crippen molar-refractivity contribution < 1.29 is 19.1 Å². The third kappa shape index (κ3) is 6.07. The summed E-state index contributed by atoms with van der Waals surface area (Å²) >= 11 is 7.11. The number of anilines is 2. The van der Waals surface area contributed by atoms with Gasteiger partial charge in [-0.1, -0.05) is 25.4 Å². The van der Waals surface area contributed by atoms with E-state index >= 15 is 0 Å². The molecule has 2 heterocycles. The Morgan fingerprint density at radius 1 is 1.19 bits per heavy atom. The molecule has 3 amide bonds. The fourth-order valence-electron chi connectivity index (χ4n) is 3.51. The van der Waals surface area contributed by atoms with Gasteiger partial charge in [0.2, 0.25) is 5.91 Å². The molecule has 2 N–H and O–H groups in total. The van der Waals surface area contributed by atoms with E-state index in [0.29, 0.717) is 41.1 Å². The largest absolute Gasteiger partial charge is 0.370 e. The second kappa shape index (κ2) is 11.4. The number of nitrogens with zero attached hydrogens (tertiary/aromatic N) is 2. The summed E-state index contributed by atoms with van der Waals surface area (Å²) in [4.78, 5) is 41.6. The van der Waals surface area contributed by atoms with Gasteiger partial charge in [0.1, 0.15) is 12.6 Å². The summed E-state index contributed by atoms with van der Waals surface area (Å²) in [6.07, 6.45) is 0. The van der Waals surface area contributed by atoms with Gasteiger partial charge in [0.05, 0.1) is 15.8 Å². The van der Waals surface area contributed by atoms with Crippen LogP contribution in [0.25, 0.3) is 0 Å². The summed E-state index contributed by atoms with van der Waals surface area (Å²) < 4.78 is 5.70. The van der Waals surface area contributed by atoms with Crippen molar-refractivity contribution in [3.8, 4) is 0 Å². The first-order valence-electron chi connectivity index (χ1n) is 10.5. The van der Waals surface area contributed by atoms with Crippen molar-refractivity contribution in [3.63, 3.8) is 0 Å². The smallest absolute Gasteiger partial charge is 0.261 e. The molecule has 172 valence electrons. The van der Waals surface area contributed by atoms with E-state index in [0.717, 1.165) is 5.69 Å². The molecule has 1 atom stereocenters. The Labute approximate surface area is 196 Å². The molecule has 8 nitrogen and oxygen atoms in total. The summed E-state index contributed by atoms with van der Waals surface area (Å²) in [5, 5.41) is 5.76. The zero-order chi connectivity index (χ0) is 23.1. The van der Waals surface area contributed by atoms with Gasteiger partial charge in [0, 0.05) is 24.5 Å². The second-order valence-corrected chi connectivity index (χ2v) is 8.90. The highest BCUT2D eigenvalue weighted by Gasteiger charge is 2.25. The van der Waals surface area contributed by atoms with Gasteiger partial charge in [0.25, 0.3) is 11.8 Å². The Kier molecular flexibility index (Phi) is 8.63. The van der Waals surface area contributed by atoms with Crippen molar-refractivity contribution in [1.29, 1.82) is 0 Å². The van der Waals surface area contributed by atoms with Crippen LogP contribution < -0.4 is 15.5 Å². The maximum absolute atomic E-state index is 13.1. The van der Waals surface area contributed by atoms with Crippen molar-refractivity contribution in [2.75, 3.05) is 49.6 Å². The molecule has 0 spiro atoms. The van der Waals surface area contributed by atoms with Gasteiger partial charge in [-0.15, -0.1) is 11.3 Å². The number of benzene rings is 1. The third-order valence-electron chi connectivity index (χ3n) is 5.24. The highest BCUT2D eigenvalue weighted by Crippen LogP contribution is 2.22. The van der Waals surface area contributed by atoms with Gasteiger partial charge in [-0.2, -0.15) is 0 Å². The number of morpholine rings is 1. The van der Waals surface area contributed by atoms with Gasteiger partial charge in [-0.05, 0) is 49.5 Å². The van der Waals surface area contributed by atoms with Crippen LogP contribution in [-0.2, 0) is 14.3 Å². The molecule has 32 heavy (non-hydrogen) atoms. The van der Waals surface area contributed by atoms with Gasteiger partial charge in [-0.3, -0.25) is 19.3 Å². The summed E-state index contributed by atoms with van der Waals surface area (Å²) in [6, 6.07) is 9.92. The minimum Gasteiger partial charge on any atom is -0.370 e. The number of rotatable bonds is 9. The van der Waals surface area contributed by atoms with Crippen molar-refractivity contribution in [2.24, 2.45) is 0 Å². The average molecular weight is 479 g/mol. The van der Waals surface area contributed by atoms with Gasteiger partial charge in [0.15, 0.2) is 0 Å². The molecular formula is C22H27ClN4O4S. The van der Waals surface area contributed by atoms with Crippen molar-refractivity contribution in [3.05, 3.63) is 45.6 Å². The van der Waals surface area contributed by atoms with Gasteiger partial charge in [-0.25, -0.2) is 0 Å². The Bertz CT molecular complexity index is 946. The Morgan fingerprint density at radius 3 is 2.50 bits per heavy atom. The quantitative estimate of drug-likeness (QED) is 0.578. The van der Waals surface area contributed by atoms with Crippen molar-refractivity contribution in [1.82, 2.24) is 10.2 Å². The number of ether oxygens (including phenoxy) is 1.